The van der Waals surface area contributed by atoms with Crippen LogP contribution in [0.1, 0.15) is 65.2 Å². The summed E-state index contributed by atoms with van der Waals surface area (Å²) >= 11 is 0. The lowest BCUT2D eigenvalue weighted by molar-refractivity contribution is 0.00285. The molecular weight excluding hydrogens is 160 g/mol. The van der Waals surface area contributed by atoms with Gasteiger partial charge in [-0.15, -0.1) is 0 Å². The van der Waals surface area contributed by atoms with Crippen molar-refractivity contribution in [2.24, 2.45) is 5.92 Å². The van der Waals surface area contributed by atoms with Gasteiger partial charge in [0.05, 0.1) is 5.60 Å². The van der Waals surface area contributed by atoms with Gasteiger partial charge in [-0.2, -0.15) is 0 Å². The molecule has 1 heteroatoms. The van der Waals surface area contributed by atoms with Crippen LogP contribution in [0.2, 0.25) is 0 Å². The van der Waals surface area contributed by atoms with Gasteiger partial charge in [0.2, 0.25) is 0 Å². The van der Waals surface area contributed by atoms with Crippen LogP contribution in [0.4, 0.5) is 0 Å². The molecule has 0 bridgehead atoms. The van der Waals surface area contributed by atoms with E-state index in [1.807, 2.05) is 0 Å². The Bertz CT molecular complexity index is 140. The second-order valence-corrected chi connectivity index (χ2v) is 4.54. The molecule has 1 fully saturated rings. The summed E-state index contributed by atoms with van der Waals surface area (Å²) in [5, 5.41) is 10.3. The highest BCUT2D eigenvalue weighted by atomic mass is 16.3. The van der Waals surface area contributed by atoms with E-state index in [1.54, 1.807) is 0 Å². The van der Waals surface area contributed by atoms with E-state index in [1.165, 1.54) is 38.5 Å². The molecule has 0 amide bonds. The lowest BCUT2D eigenvalue weighted by Gasteiger charge is -2.26. The zero-order valence-electron chi connectivity index (χ0n) is 9.18. The average molecular weight is 184 g/mol. The van der Waals surface area contributed by atoms with Gasteiger partial charge in [0, 0.05) is 0 Å². The molecule has 1 nitrogen and oxygen atoms in total. The van der Waals surface area contributed by atoms with Gasteiger partial charge in [-0.05, 0) is 31.6 Å². The maximum atomic E-state index is 10.3. The summed E-state index contributed by atoms with van der Waals surface area (Å²) < 4.78 is 0. The summed E-state index contributed by atoms with van der Waals surface area (Å²) in [5.74, 6) is 0.638. The van der Waals surface area contributed by atoms with Crippen LogP contribution >= 0.6 is 0 Å². The Morgan fingerprint density at radius 2 is 1.85 bits per heavy atom. The number of hydrogen-bond acceptors (Lipinski definition) is 1. The molecular formula is C12H24O. The minimum atomic E-state index is -0.298. The first kappa shape index (κ1) is 11.0. The van der Waals surface area contributed by atoms with Crippen LogP contribution < -0.4 is 0 Å². The van der Waals surface area contributed by atoms with E-state index in [2.05, 4.69) is 13.8 Å². The van der Waals surface area contributed by atoms with Crippen molar-refractivity contribution in [2.75, 3.05) is 0 Å². The fraction of sp³-hybridized carbons (Fsp3) is 1.00. The predicted molar refractivity (Wildman–Crippen MR) is 56.7 cm³/mol. The molecule has 13 heavy (non-hydrogen) atoms. The summed E-state index contributed by atoms with van der Waals surface area (Å²) in [6.07, 6.45) is 9.63. The van der Waals surface area contributed by atoms with Gasteiger partial charge in [-0.1, -0.05) is 39.5 Å². The molecule has 78 valence electrons. The van der Waals surface area contributed by atoms with Crippen molar-refractivity contribution < 1.29 is 5.11 Å². The van der Waals surface area contributed by atoms with Crippen molar-refractivity contribution in [3.05, 3.63) is 0 Å². The predicted octanol–water partition coefficient (Wildman–Crippen LogP) is 3.51. The van der Waals surface area contributed by atoms with Crippen LogP contribution in [0.25, 0.3) is 0 Å². The summed E-state index contributed by atoms with van der Waals surface area (Å²) in [5.41, 5.74) is -0.298. The second kappa shape index (κ2) is 4.99. The smallest absolute Gasteiger partial charge is 0.0673 e. The molecule has 0 aromatic rings. The lowest BCUT2D eigenvalue weighted by atomic mass is 9.88. The number of hydrogen-bond donors (Lipinski definition) is 1. The first-order valence-electron chi connectivity index (χ1n) is 5.95. The first-order chi connectivity index (χ1) is 6.23. The molecule has 0 spiro atoms. The maximum Gasteiger partial charge on any atom is 0.0673 e. The average Bonchev–Trinajstić information content (AvgIpc) is 2.95. The Hall–Kier alpha value is -0.0400. The third kappa shape index (κ3) is 3.30. The van der Waals surface area contributed by atoms with Crippen LogP contribution in [0.15, 0.2) is 0 Å². The molecule has 0 saturated heterocycles. The van der Waals surface area contributed by atoms with Crippen molar-refractivity contribution in [1.29, 1.82) is 0 Å². The molecule has 0 aromatic carbocycles. The molecule has 1 N–H and O–H groups in total. The summed E-state index contributed by atoms with van der Waals surface area (Å²) in [4.78, 5) is 0. The quantitative estimate of drug-likeness (QED) is 0.600. The first-order valence-corrected chi connectivity index (χ1v) is 5.95. The zero-order chi connectivity index (χ0) is 9.73. The summed E-state index contributed by atoms with van der Waals surface area (Å²) in [6, 6.07) is 0. The molecule has 1 unspecified atom stereocenters. The largest absolute Gasteiger partial charge is 0.390 e. The Labute approximate surface area is 82.5 Å². The highest BCUT2D eigenvalue weighted by Gasteiger charge is 2.41. The SMILES string of the molecule is CCCCCCC(O)(CC)C1CC1. The molecule has 1 rings (SSSR count). The standard InChI is InChI=1S/C12H24O/c1-3-5-6-7-10-12(13,4-2)11-8-9-11/h11,13H,3-10H2,1-2H3. The van der Waals surface area contributed by atoms with Gasteiger partial charge >= 0.3 is 0 Å². The van der Waals surface area contributed by atoms with Crippen molar-refractivity contribution >= 4 is 0 Å². The minimum Gasteiger partial charge on any atom is -0.390 e. The molecule has 0 aromatic heterocycles. The van der Waals surface area contributed by atoms with Crippen LogP contribution in [0.3, 0.4) is 0 Å². The molecule has 0 radical (unpaired) electrons. The molecule has 1 aliphatic carbocycles. The van der Waals surface area contributed by atoms with Crippen molar-refractivity contribution in [1.82, 2.24) is 0 Å². The monoisotopic (exact) mass is 184 g/mol. The molecule has 1 aliphatic rings. The third-order valence-electron chi connectivity index (χ3n) is 3.41. The molecule has 1 saturated carbocycles. The third-order valence-corrected chi connectivity index (χ3v) is 3.41. The Morgan fingerprint density at radius 3 is 2.31 bits per heavy atom. The normalized spacial score (nSPS) is 21.5. The molecule has 1 atom stereocenters. The minimum absolute atomic E-state index is 0.298. The van der Waals surface area contributed by atoms with Gasteiger partial charge < -0.3 is 5.11 Å². The van der Waals surface area contributed by atoms with Crippen LogP contribution in [0, 0.1) is 5.92 Å². The maximum absolute atomic E-state index is 10.3. The van der Waals surface area contributed by atoms with E-state index in [0.29, 0.717) is 5.92 Å². The van der Waals surface area contributed by atoms with Gasteiger partial charge in [0.15, 0.2) is 0 Å². The Balaban J connectivity index is 2.15. The molecule has 0 heterocycles. The van der Waals surface area contributed by atoms with E-state index in [-0.39, 0.29) is 5.60 Å². The van der Waals surface area contributed by atoms with E-state index in [4.69, 9.17) is 0 Å². The molecule has 0 aliphatic heterocycles. The number of aliphatic hydroxyl groups is 1. The highest BCUT2D eigenvalue weighted by molar-refractivity contribution is 4.93. The van der Waals surface area contributed by atoms with Crippen LogP contribution in [0.5, 0.6) is 0 Å². The summed E-state index contributed by atoms with van der Waals surface area (Å²) in [6.45, 7) is 4.35. The fourth-order valence-electron chi connectivity index (χ4n) is 2.15. The Morgan fingerprint density at radius 1 is 1.15 bits per heavy atom. The van der Waals surface area contributed by atoms with E-state index < -0.39 is 0 Å². The zero-order valence-corrected chi connectivity index (χ0v) is 9.18. The number of rotatable bonds is 7. The van der Waals surface area contributed by atoms with Crippen LogP contribution in [-0.4, -0.2) is 10.7 Å². The van der Waals surface area contributed by atoms with Gasteiger partial charge in [0.1, 0.15) is 0 Å². The fourth-order valence-corrected chi connectivity index (χ4v) is 2.15. The van der Waals surface area contributed by atoms with E-state index in [9.17, 15) is 5.11 Å². The Kier molecular flexibility index (Phi) is 4.24. The van der Waals surface area contributed by atoms with Crippen molar-refractivity contribution in [3.63, 3.8) is 0 Å². The van der Waals surface area contributed by atoms with Crippen molar-refractivity contribution in [2.45, 2.75) is 70.8 Å². The van der Waals surface area contributed by atoms with Gasteiger partial charge in [0.25, 0.3) is 0 Å². The van der Waals surface area contributed by atoms with Gasteiger partial charge in [-0.3, -0.25) is 0 Å². The summed E-state index contributed by atoms with van der Waals surface area (Å²) in [7, 11) is 0. The topological polar surface area (TPSA) is 20.2 Å². The van der Waals surface area contributed by atoms with Crippen molar-refractivity contribution in [3.8, 4) is 0 Å². The number of unbranched alkanes of at least 4 members (excludes halogenated alkanes) is 3. The highest BCUT2D eigenvalue weighted by Crippen LogP contribution is 2.44. The second-order valence-electron chi connectivity index (χ2n) is 4.54. The lowest BCUT2D eigenvalue weighted by Crippen LogP contribution is -2.30. The van der Waals surface area contributed by atoms with Gasteiger partial charge in [-0.25, -0.2) is 0 Å². The van der Waals surface area contributed by atoms with E-state index in [0.717, 1.165) is 12.8 Å². The van der Waals surface area contributed by atoms with E-state index >= 15 is 0 Å². The van der Waals surface area contributed by atoms with Crippen LogP contribution in [-0.2, 0) is 0 Å².